The third kappa shape index (κ3) is 5.35. The Morgan fingerprint density at radius 1 is 0.967 bits per heavy atom. The van der Waals surface area contributed by atoms with Crippen LogP contribution in [0.15, 0.2) is 30.3 Å². The quantitative estimate of drug-likeness (QED) is 0.426. The molecule has 1 aliphatic rings. The topological polar surface area (TPSA) is 27.7 Å². The standard InChI is InChI=1S/C24H29F3O3/c1-3-5-6-13-29-21-11-10-19(23(26)24(21)27)18-9-7-16(14-20(18)25)17-8-12-22(28-4-2)30-15-17/h7,9-11,14,17,22H,3-6,8,12-13,15H2,1-2H3. The summed E-state index contributed by atoms with van der Waals surface area (Å²) in [7, 11) is 0. The van der Waals surface area contributed by atoms with E-state index in [-0.39, 0.29) is 29.1 Å². The first kappa shape index (κ1) is 22.6. The van der Waals surface area contributed by atoms with Gasteiger partial charge in [0.25, 0.3) is 0 Å². The van der Waals surface area contributed by atoms with Crippen molar-refractivity contribution in [3.63, 3.8) is 0 Å². The molecule has 0 spiro atoms. The van der Waals surface area contributed by atoms with Crippen LogP contribution in [0.1, 0.15) is 57.4 Å². The summed E-state index contributed by atoms with van der Waals surface area (Å²) < 4.78 is 60.3. The van der Waals surface area contributed by atoms with E-state index in [1.807, 2.05) is 13.8 Å². The minimum Gasteiger partial charge on any atom is -0.490 e. The molecule has 1 aliphatic heterocycles. The Hall–Kier alpha value is -2.05. The molecular formula is C24H29F3O3. The van der Waals surface area contributed by atoms with Crippen LogP contribution < -0.4 is 4.74 Å². The maximum atomic E-state index is 14.8. The molecule has 164 valence electrons. The van der Waals surface area contributed by atoms with E-state index in [2.05, 4.69) is 0 Å². The van der Waals surface area contributed by atoms with Gasteiger partial charge in [-0.25, -0.2) is 8.78 Å². The normalized spacial score (nSPS) is 19.1. The largest absolute Gasteiger partial charge is 0.490 e. The van der Waals surface area contributed by atoms with Gasteiger partial charge >= 0.3 is 0 Å². The first-order valence-corrected chi connectivity index (χ1v) is 10.7. The van der Waals surface area contributed by atoms with Gasteiger partial charge in [0.05, 0.1) is 13.2 Å². The second kappa shape index (κ2) is 10.8. The van der Waals surface area contributed by atoms with Crippen LogP contribution in [0.25, 0.3) is 11.1 Å². The fourth-order valence-electron chi connectivity index (χ4n) is 3.70. The monoisotopic (exact) mass is 422 g/mol. The van der Waals surface area contributed by atoms with Gasteiger partial charge in [-0.2, -0.15) is 4.39 Å². The molecule has 2 unspecified atom stereocenters. The Labute approximate surface area is 176 Å². The molecule has 0 saturated carbocycles. The van der Waals surface area contributed by atoms with Gasteiger partial charge in [-0.1, -0.05) is 31.9 Å². The average Bonchev–Trinajstić information content (AvgIpc) is 2.75. The van der Waals surface area contributed by atoms with Gasteiger partial charge in [0.1, 0.15) is 5.82 Å². The Balaban J connectivity index is 1.73. The zero-order valence-electron chi connectivity index (χ0n) is 17.6. The summed E-state index contributed by atoms with van der Waals surface area (Å²) in [5, 5.41) is 0. The van der Waals surface area contributed by atoms with Crippen molar-refractivity contribution in [2.75, 3.05) is 19.8 Å². The highest BCUT2D eigenvalue weighted by Crippen LogP contribution is 2.34. The fraction of sp³-hybridized carbons (Fsp3) is 0.500. The molecule has 1 heterocycles. The summed E-state index contributed by atoms with van der Waals surface area (Å²) in [6.45, 7) is 5.31. The van der Waals surface area contributed by atoms with Gasteiger partial charge in [-0.15, -0.1) is 0 Å². The van der Waals surface area contributed by atoms with Crippen LogP contribution in [0.4, 0.5) is 13.2 Å². The summed E-state index contributed by atoms with van der Waals surface area (Å²) in [4.78, 5) is 0. The third-order valence-electron chi connectivity index (χ3n) is 5.39. The molecular weight excluding hydrogens is 393 g/mol. The van der Waals surface area contributed by atoms with Crippen LogP contribution in [0.3, 0.4) is 0 Å². The number of benzene rings is 2. The van der Waals surface area contributed by atoms with E-state index in [1.54, 1.807) is 6.07 Å². The molecule has 1 fully saturated rings. The van der Waals surface area contributed by atoms with Gasteiger partial charge in [-0.3, -0.25) is 0 Å². The van der Waals surface area contributed by atoms with Crippen molar-refractivity contribution in [2.24, 2.45) is 0 Å². The molecule has 0 radical (unpaired) electrons. The lowest BCUT2D eigenvalue weighted by atomic mass is 9.91. The molecule has 2 atom stereocenters. The Morgan fingerprint density at radius 3 is 2.43 bits per heavy atom. The number of ether oxygens (including phenoxy) is 3. The molecule has 3 rings (SSSR count). The molecule has 3 nitrogen and oxygen atoms in total. The Bertz CT molecular complexity index is 833. The smallest absolute Gasteiger partial charge is 0.201 e. The van der Waals surface area contributed by atoms with Crippen molar-refractivity contribution in [2.45, 2.75) is 58.2 Å². The summed E-state index contributed by atoms with van der Waals surface area (Å²) in [6.07, 6.45) is 4.07. The van der Waals surface area contributed by atoms with Gasteiger partial charge < -0.3 is 14.2 Å². The van der Waals surface area contributed by atoms with Crippen molar-refractivity contribution < 1.29 is 27.4 Å². The van der Waals surface area contributed by atoms with E-state index in [1.165, 1.54) is 24.3 Å². The molecule has 30 heavy (non-hydrogen) atoms. The van der Waals surface area contributed by atoms with Crippen LogP contribution in [0.5, 0.6) is 5.75 Å². The van der Waals surface area contributed by atoms with E-state index >= 15 is 0 Å². The van der Waals surface area contributed by atoms with E-state index in [0.29, 0.717) is 19.8 Å². The lowest BCUT2D eigenvalue weighted by molar-refractivity contribution is -0.164. The predicted molar refractivity (Wildman–Crippen MR) is 110 cm³/mol. The van der Waals surface area contributed by atoms with Gasteiger partial charge in [0, 0.05) is 23.7 Å². The van der Waals surface area contributed by atoms with Gasteiger partial charge in [0.15, 0.2) is 17.9 Å². The fourth-order valence-corrected chi connectivity index (χ4v) is 3.70. The van der Waals surface area contributed by atoms with Crippen LogP contribution >= 0.6 is 0 Å². The highest BCUT2D eigenvalue weighted by molar-refractivity contribution is 5.66. The highest BCUT2D eigenvalue weighted by atomic mass is 19.2. The van der Waals surface area contributed by atoms with Crippen molar-refractivity contribution in [3.05, 3.63) is 53.3 Å². The summed E-state index contributed by atoms with van der Waals surface area (Å²) in [5.41, 5.74) is 0.688. The number of rotatable bonds is 9. The highest BCUT2D eigenvalue weighted by Gasteiger charge is 2.24. The Kier molecular flexibility index (Phi) is 8.16. The molecule has 0 amide bonds. The number of unbranched alkanes of at least 4 members (excludes halogenated alkanes) is 2. The zero-order chi connectivity index (χ0) is 21.5. The van der Waals surface area contributed by atoms with Crippen LogP contribution in [-0.4, -0.2) is 26.1 Å². The predicted octanol–water partition coefficient (Wildman–Crippen LogP) is 6.60. The average molecular weight is 422 g/mol. The molecule has 2 aromatic carbocycles. The first-order chi connectivity index (χ1) is 14.5. The molecule has 1 saturated heterocycles. The second-order valence-electron chi connectivity index (χ2n) is 7.53. The number of hydrogen-bond donors (Lipinski definition) is 0. The lowest BCUT2D eigenvalue weighted by Crippen LogP contribution is -2.27. The van der Waals surface area contributed by atoms with Crippen LogP contribution in [0, 0.1) is 17.5 Å². The number of halogens is 3. The molecule has 2 aromatic rings. The van der Waals surface area contributed by atoms with E-state index in [4.69, 9.17) is 14.2 Å². The maximum absolute atomic E-state index is 14.8. The summed E-state index contributed by atoms with van der Waals surface area (Å²) >= 11 is 0. The minimum absolute atomic E-state index is 0.0246. The molecule has 0 aromatic heterocycles. The first-order valence-electron chi connectivity index (χ1n) is 10.7. The van der Waals surface area contributed by atoms with Gasteiger partial charge in [0.2, 0.25) is 5.82 Å². The van der Waals surface area contributed by atoms with E-state index in [0.717, 1.165) is 37.7 Å². The van der Waals surface area contributed by atoms with E-state index in [9.17, 15) is 13.2 Å². The molecule has 0 aliphatic carbocycles. The summed E-state index contributed by atoms with van der Waals surface area (Å²) in [5.74, 6) is -2.88. The Morgan fingerprint density at radius 2 is 1.77 bits per heavy atom. The molecule has 0 N–H and O–H groups in total. The second-order valence-corrected chi connectivity index (χ2v) is 7.53. The third-order valence-corrected chi connectivity index (χ3v) is 5.39. The zero-order valence-corrected chi connectivity index (χ0v) is 17.6. The van der Waals surface area contributed by atoms with Crippen molar-refractivity contribution in [3.8, 4) is 16.9 Å². The lowest BCUT2D eigenvalue weighted by Gasteiger charge is -2.29. The van der Waals surface area contributed by atoms with Crippen molar-refractivity contribution >= 4 is 0 Å². The van der Waals surface area contributed by atoms with Crippen LogP contribution in [0.2, 0.25) is 0 Å². The van der Waals surface area contributed by atoms with Crippen molar-refractivity contribution in [1.82, 2.24) is 0 Å². The van der Waals surface area contributed by atoms with Crippen molar-refractivity contribution in [1.29, 1.82) is 0 Å². The SMILES string of the molecule is CCCCCOc1ccc(-c2ccc(C3CCC(OCC)OC3)cc2F)c(F)c1F. The molecule has 0 bridgehead atoms. The van der Waals surface area contributed by atoms with Crippen LogP contribution in [-0.2, 0) is 9.47 Å². The minimum atomic E-state index is -1.10. The van der Waals surface area contributed by atoms with Gasteiger partial charge in [-0.05, 0) is 49.9 Å². The molecule has 6 heteroatoms. The maximum Gasteiger partial charge on any atom is 0.201 e. The summed E-state index contributed by atoms with van der Waals surface area (Å²) in [6, 6.07) is 7.35. The van der Waals surface area contributed by atoms with E-state index < -0.39 is 17.5 Å². The number of hydrogen-bond acceptors (Lipinski definition) is 3.